The first-order valence-electron chi connectivity index (χ1n) is 10.7. The fourth-order valence-corrected chi connectivity index (χ4v) is 5.29. The van der Waals surface area contributed by atoms with Crippen molar-refractivity contribution in [1.82, 2.24) is 0 Å². The van der Waals surface area contributed by atoms with E-state index < -0.39 is 7.60 Å². The van der Waals surface area contributed by atoms with E-state index in [0.717, 1.165) is 19.3 Å². The summed E-state index contributed by atoms with van der Waals surface area (Å²) in [4.78, 5) is 10.4. The monoisotopic (exact) mass is 410 g/mol. The van der Waals surface area contributed by atoms with E-state index in [1.807, 2.05) is 6.07 Å². The zero-order valence-electron chi connectivity index (χ0n) is 19.4. The van der Waals surface area contributed by atoms with Crippen molar-refractivity contribution in [3.05, 3.63) is 30.3 Å². The second kappa shape index (κ2) is 10.4. The molecule has 1 N–H and O–H groups in total. The molecule has 0 fully saturated rings. The molecule has 1 aromatic carbocycles. The molecular weight excluding hydrogens is 367 g/mol. The summed E-state index contributed by atoms with van der Waals surface area (Å²) in [7, 11) is -3.77. The van der Waals surface area contributed by atoms with Crippen LogP contribution in [0.5, 0.6) is 0 Å². The normalized spacial score (nSPS) is 18.3. The quantitative estimate of drug-likeness (QED) is 0.420. The summed E-state index contributed by atoms with van der Waals surface area (Å²) < 4.78 is 18.3. The lowest BCUT2D eigenvalue weighted by Crippen LogP contribution is -2.24. The van der Waals surface area contributed by atoms with Crippen LogP contribution in [0, 0.1) is 28.6 Å². The summed E-state index contributed by atoms with van der Waals surface area (Å²) in [5, 5.41) is 0.373. The summed E-state index contributed by atoms with van der Waals surface area (Å²) in [6.45, 7) is 18.5. The van der Waals surface area contributed by atoms with Gasteiger partial charge >= 0.3 is 7.60 Å². The number of hydrogen-bond donors (Lipinski definition) is 1. The fraction of sp³-hybridized carbons (Fsp3) is 0.750. The first-order chi connectivity index (χ1) is 12.7. The van der Waals surface area contributed by atoms with Crippen LogP contribution in [-0.4, -0.2) is 11.5 Å². The van der Waals surface area contributed by atoms with Gasteiger partial charge in [-0.25, -0.2) is 0 Å². The lowest BCUT2D eigenvalue weighted by Gasteiger charge is -2.31. The van der Waals surface area contributed by atoms with Crippen LogP contribution in [0.15, 0.2) is 30.3 Å². The first-order valence-corrected chi connectivity index (χ1v) is 12.3. The summed E-state index contributed by atoms with van der Waals surface area (Å²) in [5.41, 5.74) is 0.563. The fourth-order valence-electron chi connectivity index (χ4n) is 4.20. The van der Waals surface area contributed by atoms with E-state index >= 15 is 0 Å². The van der Waals surface area contributed by atoms with Crippen molar-refractivity contribution in [1.29, 1.82) is 0 Å². The van der Waals surface area contributed by atoms with Gasteiger partial charge in [0.05, 0.1) is 11.9 Å². The lowest BCUT2D eigenvalue weighted by molar-refractivity contribution is 0.140. The van der Waals surface area contributed by atoms with Gasteiger partial charge in [0.15, 0.2) is 0 Å². The highest BCUT2D eigenvalue weighted by Crippen LogP contribution is 2.43. The molecule has 0 radical (unpaired) electrons. The molecule has 0 aliphatic heterocycles. The van der Waals surface area contributed by atoms with Crippen LogP contribution in [-0.2, 0) is 9.09 Å². The predicted octanol–water partition coefficient (Wildman–Crippen LogP) is 7.05. The SMILES string of the molecule is CC(CCC(COP(=O)(O)c1ccccc1)C(C)CC(C)(C)C)CC(C)(C)C. The third kappa shape index (κ3) is 10.2. The molecule has 0 amide bonds. The van der Waals surface area contributed by atoms with Crippen molar-refractivity contribution in [3.8, 4) is 0 Å². The van der Waals surface area contributed by atoms with Crippen LogP contribution in [0.3, 0.4) is 0 Å². The molecule has 4 heteroatoms. The van der Waals surface area contributed by atoms with Gasteiger partial charge in [0.2, 0.25) is 0 Å². The Morgan fingerprint density at radius 2 is 1.46 bits per heavy atom. The predicted molar refractivity (Wildman–Crippen MR) is 121 cm³/mol. The number of benzene rings is 1. The minimum atomic E-state index is -3.77. The summed E-state index contributed by atoms with van der Waals surface area (Å²) in [6.07, 6.45) is 4.43. The van der Waals surface area contributed by atoms with Gasteiger partial charge in [0, 0.05) is 0 Å². The topological polar surface area (TPSA) is 46.5 Å². The van der Waals surface area contributed by atoms with Crippen molar-refractivity contribution >= 4 is 12.9 Å². The molecule has 0 spiro atoms. The Hall–Kier alpha value is -0.630. The van der Waals surface area contributed by atoms with Crippen LogP contribution in [0.1, 0.15) is 81.1 Å². The Bertz CT molecular complexity index is 613. The van der Waals surface area contributed by atoms with E-state index in [1.54, 1.807) is 24.3 Å². The summed E-state index contributed by atoms with van der Waals surface area (Å²) >= 11 is 0. The number of hydrogen-bond acceptors (Lipinski definition) is 2. The molecular formula is C24H43O3P. The van der Waals surface area contributed by atoms with Crippen molar-refractivity contribution in [2.45, 2.75) is 81.1 Å². The van der Waals surface area contributed by atoms with E-state index in [0.29, 0.717) is 29.2 Å². The standard InChI is InChI=1S/C24H43O3P/c1-19(16-23(3,4)5)14-15-21(20(2)17-24(6,7)8)18-27-28(25,26)22-12-10-9-11-13-22/h9-13,19-21H,14-18H2,1-8H3,(H,25,26). The van der Waals surface area contributed by atoms with Crippen molar-refractivity contribution in [2.24, 2.45) is 28.6 Å². The second-order valence-corrected chi connectivity index (χ2v) is 12.9. The third-order valence-electron chi connectivity index (χ3n) is 5.28. The maximum absolute atomic E-state index is 12.7. The Labute approximate surface area is 173 Å². The molecule has 3 nitrogen and oxygen atoms in total. The Morgan fingerprint density at radius 1 is 0.929 bits per heavy atom. The molecule has 1 aromatic rings. The van der Waals surface area contributed by atoms with Crippen LogP contribution >= 0.6 is 7.60 Å². The zero-order chi connectivity index (χ0) is 21.6. The summed E-state index contributed by atoms with van der Waals surface area (Å²) in [5.74, 6) is 1.36. The van der Waals surface area contributed by atoms with E-state index in [9.17, 15) is 9.46 Å². The highest BCUT2D eigenvalue weighted by molar-refractivity contribution is 7.61. The van der Waals surface area contributed by atoms with Gasteiger partial charge < -0.3 is 9.42 Å². The Kier molecular flexibility index (Phi) is 9.45. The number of rotatable bonds is 10. The van der Waals surface area contributed by atoms with Crippen molar-refractivity contribution in [3.63, 3.8) is 0 Å². The molecule has 0 aliphatic rings. The average Bonchev–Trinajstić information content (AvgIpc) is 2.52. The van der Waals surface area contributed by atoms with E-state index in [4.69, 9.17) is 4.52 Å². The van der Waals surface area contributed by atoms with Crippen LogP contribution in [0.25, 0.3) is 0 Å². The highest BCUT2D eigenvalue weighted by atomic mass is 31.2. The summed E-state index contributed by atoms with van der Waals surface area (Å²) in [6, 6.07) is 8.72. The molecule has 0 aromatic heterocycles. The Morgan fingerprint density at radius 3 is 1.96 bits per heavy atom. The van der Waals surface area contributed by atoms with Gasteiger partial charge in [-0.05, 0) is 60.0 Å². The van der Waals surface area contributed by atoms with Gasteiger partial charge in [-0.2, -0.15) is 0 Å². The third-order valence-corrected chi connectivity index (χ3v) is 6.73. The molecule has 0 bridgehead atoms. The second-order valence-electron chi connectivity index (χ2n) is 11.1. The van der Waals surface area contributed by atoms with Crippen LogP contribution < -0.4 is 5.30 Å². The lowest BCUT2D eigenvalue weighted by atomic mass is 9.76. The minimum Gasteiger partial charge on any atom is -0.321 e. The van der Waals surface area contributed by atoms with Gasteiger partial charge in [0.1, 0.15) is 0 Å². The largest absolute Gasteiger partial charge is 0.358 e. The van der Waals surface area contributed by atoms with E-state index in [1.165, 1.54) is 6.42 Å². The van der Waals surface area contributed by atoms with Gasteiger partial charge in [-0.15, -0.1) is 0 Å². The molecule has 162 valence electrons. The maximum Gasteiger partial charge on any atom is 0.358 e. The molecule has 28 heavy (non-hydrogen) atoms. The van der Waals surface area contributed by atoms with Crippen molar-refractivity contribution in [2.75, 3.05) is 6.61 Å². The maximum atomic E-state index is 12.7. The van der Waals surface area contributed by atoms with Crippen LogP contribution in [0.4, 0.5) is 0 Å². The van der Waals surface area contributed by atoms with Crippen molar-refractivity contribution < 1.29 is 14.0 Å². The van der Waals surface area contributed by atoms with Gasteiger partial charge in [-0.3, -0.25) is 4.57 Å². The molecule has 4 unspecified atom stereocenters. The molecule has 0 saturated heterocycles. The smallest absolute Gasteiger partial charge is 0.321 e. The molecule has 0 heterocycles. The molecule has 0 aliphatic carbocycles. The molecule has 1 rings (SSSR count). The highest BCUT2D eigenvalue weighted by Gasteiger charge is 2.29. The minimum absolute atomic E-state index is 0.233. The average molecular weight is 411 g/mol. The molecule has 4 atom stereocenters. The van der Waals surface area contributed by atoms with Crippen LogP contribution in [0.2, 0.25) is 0 Å². The zero-order valence-corrected chi connectivity index (χ0v) is 20.3. The molecule has 0 saturated carbocycles. The van der Waals surface area contributed by atoms with E-state index in [2.05, 4.69) is 55.4 Å². The van der Waals surface area contributed by atoms with Gasteiger partial charge in [0.25, 0.3) is 0 Å². The van der Waals surface area contributed by atoms with Gasteiger partial charge in [-0.1, -0.05) is 80.0 Å². The first kappa shape index (κ1) is 25.4. The van der Waals surface area contributed by atoms with E-state index in [-0.39, 0.29) is 11.3 Å². The Balaban J connectivity index is 2.78.